The summed E-state index contributed by atoms with van der Waals surface area (Å²) in [6, 6.07) is 14.8. The second-order valence-corrected chi connectivity index (χ2v) is 5.83. The third-order valence-electron chi connectivity index (χ3n) is 4.41. The number of hydrogen-bond acceptors (Lipinski definition) is 4. The van der Waals surface area contributed by atoms with Crippen molar-refractivity contribution in [1.29, 1.82) is 0 Å². The molecule has 22 heavy (non-hydrogen) atoms. The van der Waals surface area contributed by atoms with Gasteiger partial charge in [0.1, 0.15) is 5.82 Å². The zero-order valence-electron chi connectivity index (χ0n) is 13.2. The molecule has 0 amide bonds. The number of anilines is 1. The molecule has 3 rings (SSSR count). The molecule has 4 heteroatoms. The van der Waals surface area contributed by atoms with Crippen LogP contribution in [0.1, 0.15) is 26.2 Å². The topological polar surface area (TPSA) is 41.0 Å². The van der Waals surface area contributed by atoms with Gasteiger partial charge < -0.3 is 5.32 Å². The van der Waals surface area contributed by atoms with E-state index in [-0.39, 0.29) is 0 Å². The number of likely N-dealkylation sites (N-methyl/N-ethyl adjacent to an activating group) is 1. The molecule has 1 aromatic carbocycles. The van der Waals surface area contributed by atoms with Crippen molar-refractivity contribution in [1.82, 2.24) is 15.1 Å². The first-order valence-electron chi connectivity index (χ1n) is 8.24. The number of nitrogens with zero attached hydrogens (tertiary/aromatic N) is 3. The summed E-state index contributed by atoms with van der Waals surface area (Å²) in [6.45, 7) is 5.55. The molecule has 0 aliphatic carbocycles. The third kappa shape index (κ3) is 3.63. The van der Waals surface area contributed by atoms with Crippen LogP contribution >= 0.6 is 0 Å². The van der Waals surface area contributed by atoms with Gasteiger partial charge in [0, 0.05) is 18.2 Å². The second-order valence-electron chi connectivity index (χ2n) is 5.83. The Balaban J connectivity index is 1.59. The monoisotopic (exact) mass is 296 g/mol. The zero-order valence-corrected chi connectivity index (χ0v) is 13.2. The Labute approximate surface area is 132 Å². The van der Waals surface area contributed by atoms with Gasteiger partial charge in [-0.05, 0) is 38.1 Å². The van der Waals surface area contributed by atoms with Gasteiger partial charge in [-0.25, -0.2) is 0 Å². The first-order valence-corrected chi connectivity index (χ1v) is 8.24. The van der Waals surface area contributed by atoms with Crippen molar-refractivity contribution >= 4 is 5.82 Å². The standard InChI is InChI=1S/C18H24N4/c1-2-22-13-7-6-10-16(22)14-19-18-12-11-17(20-21-18)15-8-4-3-5-9-15/h3-5,8-9,11-12,16H,2,6-7,10,13-14H2,1H3,(H,19,21). The van der Waals surface area contributed by atoms with E-state index < -0.39 is 0 Å². The van der Waals surface area contributed by atoms with Crippen LogP contribution in [0.25, 0.3) is 11.3 Å². The minimum absolute atomic E-state index is 0.620. The van der Waals surface area contributed by atoms with Crippen molar-refractivity contribution in [2.75, 3.05) is 25.0 Å². The van der Waals surface area contributed by atoms with E-state index in [0.29, 0.717) is 6.04 Å². The molecule has 116 valence electrons. The lowest BCUT2D eigenvalue weighted by Gasteiger charge is -2.34. The fourth-order valence-electron chi connectivity index (χ4n) is 3.12. The SMILES string of the molecule is CCN1CCCCC1CNc1ccc(-c2ccccc2)nn1. The van der Waals surface area contributed by atoms with Gasteiger partial charge in [0.05, 0.1) is 5.69 Å². The number of likely N-dealkylation sites (tertiary alicyclic amines) is 1. The molecule has 1 aromatic heterocycles. The smallest absolute Gasteiger partial charge is 0.148 e. The predicted molar refractivity (Wildman–Crippen MR) is 90.8 cm³/mol. The number of benzene rings is 1. The van der Waals surface area contributed by atoms with Gasteiger partial charge in [0.15, 0.2) is 0 Å². The molecule has 1 aliphatic heterocycles. The highest BCUT2D eigenvalue weighted by atomic mass is 15.2. The summed E-state index contributed by atoms with van der Waals surface area (Å²) in [5, 5.41) is 12.1. The third-order valence-corrected chi connectivity index (χ3v) is 4.41. The van der Waals surface area contributed by atoms with Crippen molar-refractivity contribution in [3.05, 3.63) is 42.5 Å². The summed E-state index contributed by atoms with van der Waals surface area (Å²) >= 11 is 0. The van der Waals surface area contributed by atoms with E-state index in [0.717, 1.165) is 30.2 Å². The summed E-state index contributed by atoms with van der Waals surface area (Å²) < 4.78 is 0. The Hall–Kier alpha value is -1.94. The molecule has 1 unspecified atom stereocenters. The molecule has 0 bridgehead atoms. The highest BCUT2D eigenvalue weighted by molar-refractivity contribution is 5.59. The maximum atomic E-state index is 4.33. The van der Waals surface area contributed by atoms with Gasteiger partial charge in [-0.2, -0.15) is 0 Å². The van der Waals surface area contributed by atoms with Gasteiger partial charge in [-0.15, -0.1) is 10.2 Å². The van der Waals surface area contributed by atoms with Crippen molar-refractivity contribution in [2.45, 2.75) is 32.2 Å². The normalized spacial score (nSPS) is 19.0. The van der Waals surface area contributed by atoms with Gasteiger partial charge in [-0.3, -0.25) is 4.90 Å². The maximum Gasteiger partial charge on any atom is 0.148 e. The lowest BCUT2D eigenvalue weighted by molar-refractivity contribution is 0.164. The molecular weight excluding hydrogens is 272 g/mol. The number of rotatable bonds is 5. The molecule has 0 radical (unpaired) electrons. The summed E-state index contributed by atoms with van der Waals surface area (Å²) in [4.78, 5) is 2.56. The van der Waals surface area contributed by atoms with Gasteiger partial charge in [0.25, 0.3) is 0 Å². The van der Waals surface area contributed by atoms with Crippen molar-refractivity contribution in [3.8, 4) is 11.3 Å². The van der Waals surface area contributed by atoms with E-state index in [2.05, 4.69) is 39.5 Å². The fourth-order valence-corrected chi connectivity index (χ4v) is 3.12. The summed E-state index contributed by atoms with van der Waals surface area (Å²) in [6.07, 6.45) is 3.94. The van der Waals surface area contributed by atoms with Gasteiger partial charge in [-0.1, -0.05) is 43.7 Å². The van der Waals surface area contributed by atoms with E-state index in [1.807, 2.05) is 30.3 Å². The number of nitrogens with one attached hydrogen (secondary N) is 1. The van der Waals surface area contributed by atoms with Crippen LogP contribution in [0.4, 0.5) is 5.82 Å². The fraction of sp³-hybridized carbons (Fsp3) is 0.444. The van der Waals surface area contributed by atoms with E-state index >= 15 is 0 Å². The van der Waals surface area contributed by atoms with Crippen LogP contribution < -0.4 is 5.32 Å². The van der Waals surface area contributed by atoms with E-state index in [1.54, 1.807) is 0 Å². The zero-order chi connectivity index (χ0) is 15.2. The molecule has 1 saturated heterocycles. The summed E-state index contributed by atoms with van der Waals surface area (Å²) in [5.74, 6) is 0.862. The summed E-state index contributed by atoms with van der Waals surface area (Å²) in [5.41, 5.74) is 2.02. The van der Waals surface area contributed by atoms with Crippen LogP contribution in [0.3, 0.4) is 0 Å². The lowest BCUT2D eigenvalue weighted by Crippen LogP contribution is -2.43. The van der Waals surface area contributed by atoms with Crippen LogP contribution in [0, 0.1) is 0 Å². The second kappa shape index (κ2) is 7.36. The minimum Gasteiger partial charge on any atom is -0.367 e. The van der Waals surface area contributed by atoms with Crippen molar-refractivity contribution < 1.29 is 0 Å². The molecular formula is C18H24N4. The van der Waals surface area contributed by atoms with Crippen LogP contribution in [-0.4, -0.2) is 40.8 Å². The highest BCUT2D eigenvalue weighted by Gasteiger charge is 2.20. The van der Waals surface area contributed by atoms with Crippen LogP contribution in [-0.2, 0) is 0 Å². The summed E-state index contributed by atoms with van der Waals surface area (Å²) in [7, 11) is 0. The first-order chi connectivity index (χ1) is 10.9. The molecule has 1 fully saturated rings. The Morgan fingerprint density at radius 1 is 1.09 bits per heavy atom. The molecule has 4 nitrogen and oxygen atoms in total. The number of aromatic nitrogens is 2. The lowest BCUT2D eigenvalue weighted by atomic mass is 10.0. The molecule has 1 atom stereocenters. The van der Waals surface area contributed by atoms with E-state index in [9.17, 15) is 0 Å². The maximum absolute atomic E-state index is 4.33. The van der Waals surface area contributed by atoms with Gasteiger partial charge >= 0.3 is 0 Å². The largest absolute Gasteiger partial charge is 0.367 e. The highest BCUT2D eigenvalue weighted by Crippen LogP contribution is 2.18. The molecule has 0 spiro atoms. The van der Waals surface area contributed by atoms with Gasteiger partial charge in [0.2, 0.25) is 0 Å². The average Bonchev–Trinajstić information content (AvgIpc) is 2.61. The predicted octanol–water partition coefficient (Wildman–Crippen LogP) is 3.43. The van der Waals surface area contributed by atoms with E-state index in [4.69, 9.17) is 0 Å². The molecule has 0 saturated carbocycles. The van der Waals surface area contributed by atoms with Crippen LogP contribution in [0.5, 0.6) is 0 Å². The average molecular weight is 296 g/mol. The van der Waals surface area contributed by atoms with Crippen LogP contribution in [0.15, 0.2) is 42.5 Å². The molecule has 1 aliphatic rings. The minimum atomic E-state index is 0.620. The van der Waals surface area contributed by atoms with Crippen LogP contribution in [0.2, 0.25) is 0 Å². The van der Waals surface area contributed by atoms with Crippen molar-refractivity contribution in [3.63, 3.8) is 0 Å². The molecule has 2 heterocycles. The Morgan fingerprint density at radius 2 is 1.95 bits per heavy atom. The number of hydrogen-bond donors (Lipinski definition) is 1. The quantitative estimate of drug-likeness (QED) is 0.918. The van der Waals surface area contributed by atoms with Crippen molar-refractivity contribution in [2.24, 2.45) is 0 Å². The molecule has 2 aromatic rings. The Bertz CT molecular complexity index is 567. The Morgan fingerprint density at radius 3 is 2.68 bits per heavy atom. The molecule has 1 N–H and O–H groups in total. The first kappa shape index (κ1) is 15.0. The Kier molecular flexibility index (Phi) is 5.01. The van der Waals surface area contributed by atoms with E-state index in [1.165, 1.54) is 25.8 Å². The number of piperidine rings is 1.